The lowest BCUT2D eigenvalue weighted by atomic mass is 9.44. The molecule has 46 heavy (non-hydrogen) atoms. The van der Waals surface area contributed by atoms with E-state index in [9.17, 15) is 14.7 Å². The van der Waals surface area contributed by atoms with Crippen molar-refractivity contribution in [2.24, 2.45) is 40.4 Å². The Morgan fingerprint density at radius 3 is 2.39 bits per heavy atom. The summed E-state index contributed by atoms with van der Waals surface area (Å²) in [4.78, 5) is 33.9. The zero-order valence-electron chi connectivity index (χ0n) is 28.4. The Morgan fingerprint density at radius 1 is 0.826 bits per heavy atom. The largest absolute Gasteiger partial charge is 0.391 e. The van der Waals surface area contributed by atoms with Gasteiger partial charge < -0.3 is 14.9 Å². The second-order valence-electron chi connectivity index (χ2n) is 16.8. The highest BCUT2D eigenvalue weighted by Crippen LogP contribution is 2.67. The monoisotopic (exact) mass is 625 g/mol. The second kappa shape index (κ2) is 11.6. The molecule has 2 aromatic carbocycles. The third kappa shape index (κ3) is 4.86. The Kier molecular flexibility index (Phi) is 7.79. The molecular formula is C40H55N3O3. The summed E-state index contributed by atoms with van der Waals surface area (Å²) in [5, 5.41) is 13.7. The van der Waals surface area contributed by atoms with Gasteiger partial charge in [-0.2, -0.15) is 0 Å². The number of aliphatic hydroxyl groups is 1. The van der Waals surface area contributed by atoms with Gasteiger partial charge in [0.05, 0.1) is 6.10 Å². The molecule has 0 spiro atoms. The number of carbonyl (C=O) groups excluding carboxylic acids is 2. The third-order valence-electron chi connectivity index (χ3n) is 15.0. The molecule has 2 saturated heterocycles. The first-order valence-corrected chi connectivity index (χ1v) is 18.7. The van der Waals surface area contributed by atoms with Crippen LogP contribution in [0.25, 0.3) is 10.8 Å². The van der Waals surface area contributed by atoms with E-state index in [-0.39, 0.29) is 30.0 Å². The van der Waals surface area contributed by atoms with E-state index in [4.69, 9.17) is 0 Å². The summed E-state index contributed by atoms with van der Waals surface area (Å²) in [6.07, 6.45) is 11.6. The van der Waals surface area contributed by atoms with E-state index < -0.39 is 0 Å². The molecule has 8 rings (SSSR count). The Morgan fingerprint density at radius 2 is 1.59 bits per heavy atom. The lowest BCUT2D eigenvalue weighted by Crippen LogP contribution is -2.62. The van der Waals surface area contributed by atoms with Crippen LogP contribution in [0, 0.1) is 40.4 Å². The van der Waals surface area contributed by atoms with Crippen molar-refractivity contribution >= 4 is 22.6 Å². The normalized spacial score (nSPS) is 41.2. The summed E-state index contributed by atoms with van der Waals surface area (Å²) in [6, 6.07) is 13.8. The highest BCUT2D eigenvalue weighted by atomic mass is 16.3. The lowest BCUT2D eigenvalue weighted by Gasteiger charge is -2.62. The molecule has 2 aliphatic heterocycles. The number of hydrogen-bond donors (Lipinski definition) is 1. The molecule has 1 N–H and O–H groups in total. The first-order chi connectivity index (χ1) is 22.2. The number of benzene rings is 2. The minimum Gasteiger partial charge on any atom is -0.391 e. The van der Waals surface area contributed by atoms with Gasteiger partial charge in [0.15, 0.2) is 0 Å². The van der Waals surface area contributed by atoms with Gasteiger partial charge in [-0.05, 0) is 128 Å². The van der Waals surface area contributed by atoms with Crippen LogP contribution in [0.3, 0.4) is 0 Å². The van der Waals surface area contributed by atoms with Gasteiger partial charge >= 0.3 is 0 Å². The van der Waals surface area contributed by atoms with Gasteiger partial charge in [0, 0.05) is 44.3 Å². The van der Waals surface area contributed by atoms with Crippen LogP contribution in [-0.4, -0.2) is 82.5 Å². The molecule has 6 heteroatoms. The second-order valence-corrected chi connectivity index (χ2v) is 16.8. The Labute approximate surface area is 275 Å². The van der Waals surface area contributed by atoms with E-state index in [2.05, 4.69) is 31.7 Å². The molecule has 4 saturated carbocycles. The zero-order valence-corrected chi connectivity index (χ0v) is 28.4. The third-order valence-corrected chi connectivity index (χ3v) is 15.0. The van der Waals surface area contributed by atoms with Crippen LogP contribution in [0.15, 0.2) is 42.5 Å². The van der Waals surface area contributed by atoms with E-state index >= 15 is 0 Å². The molecule has 0 bridgehead atoms. The van der Waals surface area contributed by atoms with Crippen LogP contribution in [0.4, 0.5) is 0 Å². The maximum Gasteiger partial charge on any atom is 0.254 e. The average Bonchev–Trinajstić information content (AvgIpc) is 3.68. The quantitative estimate of drug-likeness (QED) is 0.417. The SMILES string of the molecule is C[C@H]1CCC2C3CCC4C[C@H](O)[C@@H](N5CCN(C(=O)[C@@H]6CCCN6C(=O)c6ccc7ccccc7c6)CC5)C[C@]4(C)C3CC[C@@]21C. The smallest absolute Gasteiger partial charge is 0.254 e. The summed E-state index contributed by atoms with van der Waals surface area (Å²) in [7, 11) is 0. The number of carbonyl (C=O) groups is 2. The van der Waals surface area contributed by atoms with Gasteiger partial charge in [-0.25, -0.2) is 0 Å². The maximum atomic E-state index is 13.9. The molecule has 0 aromatic heterocycles. The van der Waals surface area contributed by atoms with Gasteiger partial charge in [-0.3, -0.25) is 14.5 Å². The van der Waals surface area contributed by atoms with Gasteiger partial charge in [0.25, 0.3) is 5.91 Å². The van der Waals surface area contributed by atoms with Gasteiger partial charge in [-0.1, -0.05) is 51.1 Å². The molecule has 2 amide bonds. The van der Waals surface area contributed by atoms with Crippen molar-refractivity contribution in [2.75, 3.05) is 32.7 Å². The first-order valence-electron chi connectivity index (χ1n) is 18.7. The van der Waals surface area contributed by atoms with E-state index in [1.807, 2.05) is 46.2 Å². The number of rotatable bonds is 3. The number of aliphatic hydroxyl groups excluding tert-OH is 1. The molecule has 0 radical (unpaired) electrons. The lowest BCUT2D eigenvalue weighted by molar-refractivity contribution is -0.153. The number of amides is 2. The fourth-order valence-corrected chi connectivity index (χ4v) is 12.1. The maximum absolute atomic E-state index is 13.9. The molecule has 2 aromatic rings. The Balaban J connectivity index is 0.922. The summed E-state index contributed by atoms with van der Waals surface area (Å²) < 4.78 is 0. The minimum absolute atomic E-state index is 0.0331. The van der Waals surface area contributed by atoms with Gasteiger partial charge in [-0.15, -0.1) is 0 Å². The molecule has 6 fully saturated rings. The summed E-state index contributed by atoms with van der Waals surface area (Å²) >= 11 is 0. The number of fused-ring (bicyclic) bond motifs is 6. The van der Waals surface area contributed by atoms with Gasteiger partial charge in [0.2, 0.25) is 5.91 Å². The predicted molar refractivity (Wildman–Crippen MR) is 182 cm³/mol. The topological polar surface area (TPSA) is 64.1 Å². The summed E-state index contributed by atoms with van der Waals surface area (Å²) in [5.74, 6) is 4.12. The fourth-order valence-electron chi connectivity index (χ4n) is 12.1. The average molecular weight is 626 g/mol. The molecule has 4 unspecified atom stereocenters. The van der Waals surface area contributed by atoms with Crippen molar-refractivity contribution in [3.8, 4) is 0 Å². The molecule has 6 aliphatic rings. The molecule has 2 heterocycles. The molecular weight excluding hydrogens is 570 g/mol. The number of piperazine rings is 1. The highest BCUT2D eigenvalue weighted by molar-refractivity contribution is 6.01. The van der Waals surface area contributed by atoms with Crippen molar-refractivity contribution in [3.63, 3.8) is 0 Å². The molecule has 6 nitrogen and oxygen atoms in total. The zero-order chi connectivity index (χ0) is 31.8. The molecule has 4 aliphatic carbocycles. The van der Waals surface area contributed by atoms with Crippen LogP contribution in [0.5, 0.6) is 0 Å². The van der Waals surface area contributed by atoms with E-state index in [1.54, 1.807) is 0 Å². The number of likely N-dealkylation sites (tertiary alicyclic amines) is 1. The fraction of sp³-hybridized carbons (Fsp3) is 0.700. The van der Waals surface area contributed by atoms with Crippen molar-refractivity contribution in [1.82, 2.24) is 14.7 Å². The van der Waals surface area contributed by atoms with Crippen molar-refractivity contribution < 1.29 is 14.7 Å². The van der Waals surface area contributed by atoms with Gasteiger partial charge in [0.1, 0.15) is 6.04 Å². The minimum atomic E-state index is -0.375. The predicted octanol–water partition coefficient (Wildman–Crippen LogP) is 6.61. The summed E-state index contributed by atoms with van der Waals surface area (Å²) in [6.45, 7) is 11.3. The summed E-state index contributed by atoms with van der Waals surface area (Å²) in [5.41, 5.74) is 1.51. The highest BCUT2D eigenvalue weighted by Gasteiger charge is 2.60. The van der Waals surface area contributed by atoms with Crippen LogP contribution in [0.1, 0.15) is 95.3 Å². The Hall–Kier alpha value is -2.44. The van der Waals surface area contributed by atoms with E-state index in [0.29, 0.717) is 41.9 Å². The number of nitrogens with zero attached hydrogens (tertiary/aromatic N) is 3. The van der Waals surface area contributed by atoms with Crippen molar-refractivity contribution in [3.05, 3.63) is 48.0 Å². The van der Waals surface area contributed by atoms with Crippen LogP contribution in [0.2, 0.25) is 0 Å². The van der Waals surface area contributed by atoms with E-state index in [1.165, 1.54) is 38.5 Å². The van der Waals surface area contributed by atoms with Crippen molar-refractivity contribution in [1.29, 1.82) is 0 Å². The van der Waals surface area contributed by atoms with Crippen molar-refractivity contribution in [2.45, 2.75) is 103 Å². The standard InChI is InChI=1S/C40H55N3O3/c1-26-10-15-32-31-14-13-30-24-36(44)35(25-40(30,3)33(31)16-17-39(26,32)2)41-19-21-42(22-20-41)38(46)34-9-6-18-43(34)37(45)29-12-11-27-7-4-5-8-28(27)23-29/h4-5,7-8,11-12,23,26,30-36,44H,6,9-10,13-22,24-25H2,1-3H3/t26-,30?,31?,32?,33?,34-,35-,36-,39+,40-/m0/s1. The molecule has 10 atom stereocenters. The van der Waals surface area contributed by atoms with Crippen LogP contribution < -0.4 is 0 Å². The number of hydrogen-bond acceptors (Lipinski definition) is 4. The first kappa shape index (κ1) is 30.9. The van der Waals surface area contributed by atoms with Crippen LogP contribution >= 0.6 is 0 Å². The Bertz CT molecular complexity index is 1490. The van der Waals surface area contributed by atoms with E-state index in [0.717, 1.165) is 73.2 Å². The van der Waals surface area contributed by atoms with Crippen LogP contribution in [-0.2, 0) is 4.79 Å². The molecule has 248 valence electrons.